The zero-order chi connectivity index (χ0) is 14.1. The highest BCUT2D eigenvalue weighted by Gasteiger charge is 2.26. The lowest BCUT2D eigenvalue weighted by molar-refractivity contribution is 0.243. The maximum atomic E-state index is 6.11. The Kier molecular flexibility index (Phi) is 4.17. The van der Waals surface area contributed by atoms with Crippen molar-refractivity contribution in [3.05, 3.63) is 45.0 Å². The van der Waals surface area contributed by atoms with Gasteiger partial charge in [-0.2, -0.15) is 0 Å². The van der Waals surface area contributed by atoms with Crippen LogP contribution in [0.2, 0.25) is 4.34 Å². The zero-order valence-corrected chi connectivity index (χ0v) is 13.3. The number of thiophene rings is 1. The number of nitrogens with one attached hydrogen (secondary N) is 1. The summed E-state index contributed by atoms with van der Waals surface area (Å²) in [5.74, 6) is 1.00. The molecule has 0 radical (unpaired) electrons. The molecule has 108 valence electrons. The molecule has 0 saturated carbocycles. The van der Waals surface area contributed by atoms with E-state index in [1.807, 2.05) is 12.1 Å². The number of likely N-dealkylation sites (N-methyl/N-ethyl adjacent to an activating group) is 1. The van der Waals surface area contributed by atoms with Gasteiger partial charge in [0.15, 0.2) is 0 Å². The molecule has 2 unspecified atom stereocenters. The second kappa shape index (κ2) is 5.90. The molecule has 0 amide bonds. The molecule has 2 aromatic rings. The van der Waals surface area contributed by atoms with E-state index >= 15 is 0 Å². The van der Waals surface area contributed by atoms with E-state index in [0.717, 1.165) is 29.5 Å². The first-order chi connectivity index (χ1) is 9.65. The first-order valence-corrected chi connectivity index (χ1v) is 8.06. The number of rotatable bonds is 5. The molecule has 1 aliphatic carbocycles. The Labute approximate surface area is 128 Å². The molecule has 0 bridgehead atoms. The van der Waals surface area contributed by atoms with E-state index in [4.69, 9.17) is 16.0 Å². The van der Waals surface area contributed by atoms with Crippen LogP contribution in [-0.4, -0.2) is 25.5 Å². The van der Waals surface area contributed by atoms with Crippen molar-refractivity contribution in [1.82, 2.24) is 10.2 Å². The van der Waals surface area contributed by atoms with Crippen LogP contribution in [0.5, 0.6) is 0 Å². The highest BCUT2D eigenvalue weighted by molar-refractivity contribution is 7.16. The van der Waals surface area contributed by atoms with Crippen molar-refractivity contribution < 1.29 is 4.42 Å². The normalized spacial score (nSPS) is 19.5. The summed E-state index contributed by atoms with van der Waals surface area (Å²) < 4.78 is 6.44. The number of nitrogens with zero attached hydrogens (tertiary/aromatic N) is 1. The van der Waals surface area contributed by atoms with Gasteiger partial charge >= 0.3 is 0 Å². The van der Waals surface area contributed by atoms with Gasteiger partial charge in [-0.3, -0.25) is 4.90 Å². The summed E-state index contributed by atoms with van der Waals surface area (Å²) in [5.41, 5.74) is 1.39. The largest absolute Gasteiger partial charge is 0.468 e. The SMILES string of the molecule is CN(C)C(CNC1CCc2sc(Cl)cc21)c1ccco1. The van der Waals surface area contributed by atoms with E-state index in [1.165, 1.54) is 10.4 Å². The summed E-state index contributed by atoms with van der Waals surface area (Å²) in [6.07, 6.45) is 4.03. The van der Waals surface area contributed by atoms with Crippen molar-refractivity contribution >= 4 is 22.9 Å². The van der Waals surface area contributed by atoms with E-state index in [1.54, 1.807) is 17.6 Å². The fraction of sp³-hybridized carbons (Fsp3) is 0.467. The van der Waals surface area contributed by atoms with E-state index in [0.29, 0.717) is 6.04 Å². The molecule has 3 nitrogen and oxygen atoms in total. The van der Waals surface area contributed by atoms with Gasteiger partial charge in [0.25, 0.3) is 0 Å². The van der Waals surface area contributed by atoms with Crippen molar-refractivity contribution in [2.24, 2.45) is 0 Å². The van der Waals surface area contributed by atoms with Gasteiger partial charge < -0.3 is 9.73 Å². The predicted molar refractivity (Wildman–Crippen MR) is 83.5 cm³/mol. The van der Waals surface area contributed by atoms with E-state index in [9.17, 15) is 0 Å². The van der Waals surface area contributed by atoms with E-state index in [-0.39, 0.29) is 6.04 Å². The lowest BCUT2D eigenvalue weighted by Gasteiger charge is -2.24. The summed E-state index contributed by atoms with van der Waals surface area (Å²) >= 11 is 7.82. The van der Waals surface area contributed by atoms with Crippen LogP contribution < -0.4 is 5.32 Å². The molecule has 0 saturated heterocycles. The summed E-state index contributed by atoms with van der Waals surface area (Å²) in [6.45, 7) is 0.873. The minimum absolute atomic E-state index is 0.253. The van der Waals surface area contributed by atoms with Gasteiger partial charge in [-0.25, -0.2) is 0 Å². The molecule has 0 aliphatic heterocycles. The monoisotopic (exact) mass is 310 g/mol. The van der Waals surface area contributed by atoms with Crippen molar-refractivity contribution in [1.29, 1.82) is 0 Å². The molecule has 1 aliphatic rings. The van der Waals surface area contributed by atoms with Crippen LogP contribution in [0.4, 0.5) is 0 Å². The summed E-state index contributed by atoms with van der Waals surface area (Å²) in [7, 11) is 4.16. The Balaban J connectivity index is 1.67. The van der Waals surface area contributed by atoms with Crippen molar-refractivity contribution in [3.8, 4) is 0 Å². The third kappa shape index (κ3) is 2.79. The lowest BCUT2D eigenvalue weighted by atomic mass is 10.1. The molecule has 0 fully saturated rings. The molecule has 20 heavy (non-hydrogen) atoms. The average Bonchev–Trinajstić information content (AvgIpc) is 3.07. The second-order valence-corrected chi connectivity index (χ2v) is 7.19. The highest BCUT2D eigenvalue weighted by atomic mass is 35.5. The van der Waals surface area contributed by atoms with E-state index < -0.39 is 0 Å². The first kappa shape index (κ1) is 14.1. The molecule has 3 rings (SSSR count). The minimum atomic E-state index is 0.253. The van der Waals surface area contributed by atoms with Crippen molar-refractivity contribution in [2.45, 2.75) is 24.9 Å². The van der Waals surface area contributed by atoms with Crippen molar-refractivity contribution in [3.63, 3.8) is 0 Å². The number of furan rings is 1. The quantitative estimate of drug-likeness (QED) is 0.908. The molecule has 2 aromatic heterocycles. The fourth-order valence-corrected chi connectivity index (χ4v) is 4.17. The smallest absolute Gasteiger partial charge is 0.122 e. The van der Waals surface area contributed by atoms with Crippen molar-refractivity contribution in [2.75, 3.05) is 20.6 Å². The Bertz CT molecular complexity index is 564. The van der Waals surface area contributed by atoms with Crippen LogP contribution in [0, 0.1) is 0 Å². The van der Waals surface area contributed by atoms with Gasteiger partial charge in [-0.15, -0.1) is 11.3 Å². The Morgan fingerprint density at radius 1 is 1.55 bits per heavy atom. The Morgan fingerprint density at radius 2 is 2.40 bits per heavy atom. The third-order valence-corrected chi connectivity index (χ3v) is 5.24. The maximum Gasteiger partial charge on any atom is 0.122 e. The van der Waals surface area contributed by atoms with Crippen LogP contribution in [0.15, 0.2) is 28.9 Å². The van der Waals surface area contributed by atoms with Crippen LogP contribution in [0.1, 0.15) is 34.7 Å². The number of fused-ring (bicyclic) bond motifs is 1. The van der Waals surface area contributed by atoms with E-state index in [2.05, 4.69) is 30.4 Å². The minimum Gasteiger partial charge on any atom is -0.468 e. The van der Waals surface area contributed by atoms with Crippen LogP contribution in [-0.2, 0) is 6.42 Å². The zero-order valence-electron chi connectivity index (χ0n) is 11.7. The fourth-order valence-electron chi connectivity index (χ4n) is 2.81. The molecule has 2 atom stereocenters. The van der Waals surface area contributed by atoms with Crippen LogP contribution >= 0.6 is 22.9 Å². The molecular formula is C15H19ClN2OS. The molecule has 1 N–H and O–H groups in total. The number of halogens is 1. The average molecular weight is 311 g/mol. The molecule has 5 heteroatoms. The number of aryl methyl sites for hydroxylation is 1. The van der Waals surface area contributed by atoms with Gasteiger partial charge in [0.05, 0.1) is 16.6 Å². The number of hydrogen-bond donors (Lipinski definition) is 1. The van der Waals surface area contributed by atoms with Crippen LogP contribution in [0.25, 0.3) is 0 Å². The van der Waals surface area contributed by atoms with Crippen LogP contribution in [0.3, 0.4) is 0 Å². The predicted octanol–water partition coefficient (Wildman–Crippen LogP) is 3.87. The van der Waals surface area contributed by atoms with Gasteiger partial charge in [-0.1, -0.05) is 11.6 Å². The summed E-state index contributed by atoms with van der Waals surface area (Å²) in [5, 5.41) is 3.67. The summed E-state index contributed by atoms with van der Waals surface area (Å²) in [6, 6.07) is 6.77. The topological polar surface area (TPSA) is 28.4 Å². The van der Waals surface area contributed by atoms with Gasteiger partial charge in [0, 0.05) is 17.5 Å². The Morgan fingerprint density at radius 3 is 3.10 bits per heavy atom. The summed E-state index contributed by atoms with van der Waals surface area (Å²) in [4.78, 5) is 3.62. The second-order valence-electron chi connectivity index (χ2n) is 5.42. The van der Waals surface area contributed by atoms with Gasteiger partial charge in [0.2, 0.25) is 0 Å². The first-order valence-electron chi connectivity index (χ1n) is 6.86. The molecule has 2 heterocycles. The lowest BCUT2D eigenvalue weighted by Crippen LogP contribution is -2.32. The third-order valence-electron chi connectivity index (χ3n) is 3.90. The highest BCUT2D eigenvalue weighted by Crippen LogP contribution is 2.39. The van der Waals surface area contributed by atoms with Gasteiger partial charge in [-0.05, 0) is 50.7 Å². The standard InChI is InChI=1S/C15H19ClN2OS/c1-18(2)12(13-4-3-7-19-13)9-17-11-5-6-14-10(11)8-15(16)20-14/h3-4,7-8,11-12,17H,5-6,9H2,1-2H3. The molecular weight excluding hydrogens is 292 g/mol. The Hall–Kier alpha value is -0.810. The van der Waals surface area contributed by atoms with Gasteiger partial charge in [0.1, 0.15) is 5.76 Å². The number of hydrogen-bond acceptors (Lipinski definition) is 4. The molecule has 0 aromatic carbocycles. The molecule has 0 spiro atoms. The maximum absolute atomic E-state index is 6.11.